The molecule has 126 valence electrons. The molecule has 0 saturated carbocycles. The maximum absolute atomic E-state index is 12.8. The highest BCUT2D eigenvalue weighted by atomic mass is 16.1. The van der Waals surface area contributed by atoms with Gasteiger partial charge in [0.25, 0.3) is 0 Å². The summed E-state index contributed by atoms with van der Waals surface area (Å²) in [5, 5.41) is 9.60. The molecule has 0 spiro atoms. The average molecular weight is 333 g/mol. The van der Waals surface area contributed by atoms with E-state index in [9.17, 15) is 4.79 Å². The first-order valence-electron chi connectivity index (χ1n) is 8.31. The molecule has 25 heavy (non-hydrogen) atoms. The van der Waals surface area contributed by atoms with Crippen molar-refractivity contribution < 1.29 is 4.79 Å². The Balaban J connectivity index is 1.67. The van der Waals surface area contributed by atoms with Crippen LogP contribution in [0, 0.1) is 0 Å². The quantitative estimate of drug-likeness (QED) is 0.666. The summed E-state index contributed by atoms with van der Waals surface area (Å²) in [5.41, 5.74) is 9.13. The van der Waals surface area contributed by atoms with Crippen LogP contribution in [0.15, 0.2) is 58.6 Å². The highest BCUT2D eigenvalue weighted by molar-refractivity contribution is 5.98. The minimum absolute atomic E-state index is 0.0350. The van der Waals surface area contributed by atoms with Crippen LogP contribution in [-0.2, 0) is 0 Å². The molecule has 3 N–H and O–H groups in total. The van der Waals surface area contributed by atoms with Crippen LogP contribution in [0.25, 0.3) is 0 Å². The van der Waals surface area contributed by atoms with Gasteiger partial charge in [0.1, 0.15) is 0 Å². The lowest BCUT2D eigenvalue weighted by Crippen LogP contribution is -2.40. The zero-order valence-electron chi connectivity index (χ0n) is 13.7. The third-order valence-electron chi connectivity index (χ3n) is 4.43. The summed E-state index contributed by atoms with van der Waals surface area (Å²) in [7, 11) is 0. The lowest BCUT2D eigenvalue weighted by atomic mass is 9.93. The van der Waals surface area contributed by atoms with Crippen molar-refractivity contribution in [2.75, 3.05) is 18.8 Å². The van der Waals surface area contributed by atoms with Gasteiger partial charge in [-0.1, -0.05) is 36.4 Å². The van der Waals surface area contributed by atoms with E-state index >= 15 is 0 Å². The maximum atomic E-state index is 12.8. The fourth-order valence-electron chi connectivity index (χ4n) is 3.21. The summed E-state index contributed by atoms with van der Waals surface area (Å²) < 4.78 is 0. The second-order valence-corrected chi connectivity index (χ2v) is 6.12. The summed E-state index contributed by atoms with van der Waals surface area (Å²) in [6.45, 7) is 1.51. The largest absolute Gasteiger partial charge is 0.399 e. The molecule has 6 heteroatoms. The molecule has 6 nitrogen and oxygen atoms in total. The van der Waals surface area contributed by atoms with Gasteiger partial charge in [-0.05, 0) is 23.3 Å². The van der Waals surface area contributed by atoms with Crippen LogP contribution < -0.4 is 11.1 Å². The van der Waals surface area contributed by atoms with E-state index in [4.69, 9.17) is 5.73 Å². The van der Waals surface area contributed by atoms with Crippen molar-refractivity contribution in [3.63, 3.8) is 0 Å². The van der Waals surface area contributed by atoms with Crippen molar-refractivity contribution in [1.29, 1.82) is 0 Å². The van der Waals surface area contributed by atoms with Crippen molar-refractivity contribution in [2.24, 2.45) is 10.1 Å². The fourth-order valence-corrected chi connectivity index (χ4v) is 3.21. The minimum atomic E-state index is -0.195. The van der Waals surface area contributed by atoms with Gasteiger partial charge in [0.05, 0.1) is 18.8 Å². The molecule has 0 saturated heterocycles. The number of nitrogens with zero attached hydrogens (tertiary/aromatic N) is 3. The van der Waals surface area contributed by atoms with Crippen molar-refractivity contribution in [3.05, 3.63) is 65.2 Å². The van der Waals surface area contributed by atoms with E-state index in [-0.39, 0.29) is 11.8 Å². The first-order chi connectivity index (χ1) is 12.2. The Labute approximate surface area is 146 Å². The minimum Gasteiger partial charge on any atom is -0.399 e. The van der Waals surface area contributed by atoms with E-state index in [1.54, 1.807) is 24.3 Å². The number of hydrogen-bond acceptors (Lipinski definition) is 6. The molecular formula is C19H19N5O. The topological polar surface area (TPSA) is 83.1 Å². The van der Waals surface area contributed by atoms with Crippen LogP contribution in [0.1, 0.15) is 33.9 Å². The number of nitrogens with two attached hydrogens (primary N) is 1. The van der Waals surface area contributed by atoms with Gasteiger partial charge in [-0.3, -0.25) is 4.79 Å². The number of ketones is 1. The summed E-state index contributed by atoms with van der Waals surface area (Å²) in [4.78, 5) is 17.3. The van der Waals surface area contributed by atoms with Crippen molar-refractivity contribution in [3.8, 4) is 0 Å². The number of hydrazone groups is 1. The number of carbonyl (C=O) groups is 1. The van der Waals surface area contributed by atoms with E-state index in [1.165, 1.54) is 0 Å². The normalized spacial score (nSPS) is 18.5. The van der Waals surface area contributed by atoms with Crippen LogP contribution in [0.4, 0.5) is 5.69 Å². The molecular weight excluding hydrogens is 314 g/mol. The lowest BCUT2D eigenvalue weighted by molar-refractivity contribution is 0.0948. The van der Waals surface area contributed by atoms with Crippen molar-refractivity contribution in [1.82, 2.24) is 10.3 Å². The van der Waals surface area contributed by atoms with Gasteiger partial charge in [0.2, 0.25) is 5.96 Å². The highest BCUT2D eigenvalue weighted by Gasteiger charge is 2.31. The monoisotopic (exact) mass is 333 g/mol. The van der Waals surface area contributed by atoms with Crippen molar-refractivity contribution in [2.45, 2.75) is 12.5 Å². The summed E-state index contributed by atoms with van der Waals surface area (Å²) in [5.74, 6) is 0.754. The number of guanidine groups is 1. The van der Waals surface area contributed by atoms with Gasteiger partial charge >= 0.3 is 0 Å². The molecule has 2 aromatic carbocycles. The van der Waals surface area contributed by atoms with Gasteiger partial charge in [-0.25, -0.2) is 10.0 Å². The molecule has 2 aliphatic rings. The van der Waals surface area contributed by atoms with Crippen LogP contribution in [0.3, 0.4) is 0 Å². The third kappa shape index (κ3) is 2.98. The first-order valence-corrected chi connectivity index (χ1v) is 8.31. The Kier molecular flexibility index (Phi) is 3.93. The number of nitrogen functional groups attached to an aromatic ring is 1. The van der Waals surface area contributed by atoms with Crippen molar-refractivity contribution >= 4 is 23.6 Å². The predicted molar refractivity (Wildman–Crippen MR) is 98.7 cm³/mol. The van der Waals surface area contributed by atoms with E-state index in [0.717, 1.165) is 30.2 Å². The SMILES string of the molecule is Nc1cccc(C(=O)CC2c3ccccc3C=NN2C2=NCCN2)c1. The number of nitrogens with one attached hydrogen (secondary N) is 1. The van der Waals surface area contributed by atoms with Gasteiger partial charge in [0, 0.05) is 24.2 Å². The third-order valence-corrected chi connectivity index (χ3v) is 4.43. The Morgan fingerprint density at radius 1 is 1.24 bits per heavy atom. The van der Waals surface area contributed by atoms with E-state index in [0.29, 0.717) is 17.7 Å². The Bertz CT molecular complexity index is 874. The number of fused-ring (bicyclic) bond motifs is 1. The van der Waals surface area contributed by atoms with Crippen LogP contribution in [-0.4, -0.2) is 36.1 Å². The standard InChI is InChI=1S/C19H19N5O/c20-15-6-3-5-13(10-15)18(25)11-17-16-7-2-1-4-14(16)12-23-24(17)19-21-8-9-22-19/h1-7,10,12,17H,8-9,11,20H2,(H,21,22). The van der Waals surface area contributed by atoms with Crippen LogP contribution in [0.2, 0.25) is 0 Å². The fraction of sp³-hybridized carbons (Fsp3) is 0.211. The van der Waals surface area contributed by atoms with E-state index < -0.39 is 0 Å². The second kappa shape index (κ2) is 6.39. The summed E-state index contributed by atoms with van der Waals surface area (Å²) in [6.07, 6.45) is 2.12. The molecule has 0 fully saturated rings. The molecule has 1 unspecified atom stereocenters. The molecule has 2 aliphatic heterocycles. The summed E-state index contributed by atoms with van der Waals surface area (Å²) >= 11 is 0. The van der Waals surface area contributed by atoms with Crippen LogP contribution in [0.5, 0.6) is 0 Å². The lowest BCUT2D eigenvalue weighted by Gasteiger charge is -2.32. The maximum Gasteiger partial charge on any atom is 0.215 e. The molecule has 0 bridgehead atoms. The smallest absolute Gasteiger partial charge is 0.215 e. The Morgan fingerprint density at radius 2 is 2.12 bits per heavy atom. The number of Topliss-reactive ketones (excluding diaryl/α,β-unsaturated/α-hetero) is 1. The number of benzene rings is 2. The van der Waals surface area contributed by atoms with Gasteiger partial charge < -0.3 is 11.1 Å². The zero-order valence-corrected chi connectivity index (χ0v) is 13.7. The van der Waals surface area contributed by atoms with E-state index in [1.807, 2.05) is 35.5 Å². The first kappa shape index (κ1) is 15.4. The average Bonchev–Trinajstić information content (AvgIpc) is 3.16. The Hall–Kier alpha value is -3.15. The number of rotatable bonds is 3. The molecule has 0 aliphatic carbocycles. The molecule has 1 atom stereocenters. The molecule has 2 aromatic rings. The second-order valence-electron chi connectivity index (χ2n) is 6.12. The van der Waals surface area contributed by atoms with Crippen LogP contribution >= 0.6 is 0 Å². The Morgan fingerprint density at radius 3 is 2.92 bits per heavy atom. The van der Waals surface area contributed by atoms with E-state index in [2.05, 4.69) is 15.4 Å². The van der Waals surface area contributed by atoms with Gasteiger partial charge in [-0.2, -0.15) is 5.10 Å². The number of carbonyl (C=O) groups excluding carboxylic acids is 1. The number of hydrogen-bond donors (Lipinski definition) is 2. The van der Waals surface area contributed by atoms with Gasteiger partial charge in [-0.15, -0.1) is 0 Å². The predicted octanol–water partition coefficient (Wildman–Crippen LogP) is 2.19. The molecule has 2 heterocycles. The molecule has 0 aromatic heterocycles. The number of aliphatic imine (C=N–C) groups is 1. The number of anilines is 1. The molecule has 0 radical (unpaired) electrons. The van der Waals surface area contributed by atoms with Gasteiger partial charge in [0.15, 0.2) is 5.78 Å². The highest BCUT2D eigenvalue weighted by Crippen LogP contribution is 2.32. The summed E-state index contributed by atoms with van der Waals surface area (Å²) in [6, 6.07) is 14.9. The molecule has 0 amide bonds. The zero-order chi connectivity index (χ0) is 17.2. The molecule has 4 rings (SSSR count).